The van der Waals surface area contributed by atoms with Crippen LogP contribution < -0.4 is 4.74 Å². The van der Waals surface area contributed by atoms with Crippen LogP contribution >= 0.6 is 0 Å². The van der Waals surface area contributed by atoms with Gasteiger partial charge in [0.25, 0.3) is 0 Å². The first kappa shape index (κ1) is 18.5. The predicted octanol–water partition coefficient (Wildman–Crippen LogP) is 2.94. The molecule has 26 heavy (non-hydrogen) atoms. The Labute approximate surface area is 153 Å². The van der Waals surface area contributed by atoms with Gasteiger partial charge in [0.1, 0.15) is 11.9 Å². The molecule has 3 rings (SSSR count). The van der Waals surface area contributed by atoms with E-state index < -0.39 is 12.4 Å². The van der Waals surface area contributed by atoms with Crippen molar-refractivity contribution >= 4 is 17.1 Å². The smallest absolute Gasteiger partial charge is 0.454 e. The van der Waals surface area contributed by atoms with Crippen LogP contribution in [0.1, 0.15) is 18.9 Å². The second-order valence-electron chi connectivity index (χ2n) is 6.70. The molecular formula is C19H26N2O5. The van der Waals surface area contributed by atoms with E-state index in [0.29, 0.717) is 25.4 Å². The number of nitrogens with zero attached hydrogens (tertiary/aromatic N) is 1. The highest BCUT2D eigenvalue weighted by molar-refractivity contribution is 5.89. The van der Waals surface area contributed by atoms with Crippen LogP contribution in [0, 0.1) is 0 Å². The Morgan fingerprint density at radius 1 is 1.42 bits per heavy atom. The number of likely N-dealkylation sites (N-methyl/N-ethyl adjacent to an activating group) is 1. The highest BCUT2D eigenvalue weighted by atomic mass is 16.8. The lowest BCUT2D eigenvalue weighted by Gasteiger charge is -2.18. The van der Waals surface area contributed by atoms with E-state index in [-0.39, 0.29) is 6.10 Å². The van der Waals surface area contributed by atoms with E-state index in [0.717, 1.165) is 23.9 Å². The molecule has 7 heteroatoms. The summed E-state index contributed by atoms with van der Waals surface area (Å²) in [6, 6.07) is 5.79. The molecule has 1 aromatic carbocycles. The molecule has 0 spiro atoms. The molecule has 1 aromatic heterocycles. The Morgan fingerprint density at radius 3 is 3.00 bits per heavy atom. The Bertz CT molecular complexity index is 737. The minimum absolute atomic E-state index is 0.236. The predicted molar refractivity (Wildman–Crippen MR) is 97.4 cm³/mol. The zero-order chi connectivity index (χ0) is 18.5. The molecule has 0 radical (unpaired) electrons. The van der Waals surface area contributed by atoms with Crippen molar-refractivity contribution in [3.05, 3.63) is 30.0 Å². The Hall–Kier alpha value is -2.25. The topological polar surface area (TPSA) is 73.0 Å². The van der Waals surface area contributed by atoms with Crippen molar-refractivity contribution in [3.8, 4) is 5.75 Å². The van der Waals surface area contributed by atoms with Crippen molar-refractivity contribution in [3.63, 3.8) is 0 Å². The van der Waals surface area contributed by atoms with E-state index in [9.17, 15) is 4.79 Å². The first-order valence-electron chi connectivity index (χ1n) is 8.88. The van der Waals surface area contributed by atoms with Gasteiger partial charge >= 0.3 is 6.16 Å². The fourth-order valence-corrected chi connectivity index (χ4v) is 2.97. The van der Waals surface area contributed by atoms with Gasteiger partial charge in [-0.25, -0.2) is 4.79 Å². The van der Waals surface area contributed by atoms with Crippen LogP contribution in [0.3, 0.4) is 0 Å². The number of ether oxygens (including phenoxy) is 4. The summed E-state index contributed by atoms with van der Waals surface area (Å²) in [7, 11) is 4.09. The van der Waals surface area contributed by atoms with Gasteiger partial charge in [-0.05, 0) is 38.2 Å². The van der Waals surface area contributed by atoms with Crippen molar-refractivity contribution in [2.75, 3.05) is 33.9 Å². The fraction of sp³-hybridized carbons (Fsp3) is 0.526. The van der Waals surface area contributed by atoms with Crippen LogP contribution in [-0.4, -0.2) is 62.3 Å². The number of aromatic nitrogens is 1. The normalized spacial score (nSPS) is 18.2. The first-order chi connectivity index (χ1) is 12.5. The van der Waals surface area contributed by atoms with Crippen molar-refractivity contribution < 1.29 is 23.7 Å². The molecular weight excluding hydrogens is 336 g/mol. The maximum atomic E-state index is 11.9. The molecule has 1 aliphatic rings. The minimum atomic E-state index is -0.757. The molecule has 2 heterocycles. The molecule has 7 nitrogen and oxygen atoms in total. The number of hydrogen-bond donors (Lipinski definition) is 1. The number of carbonyl (C=O) groups is 1. The van der Waals surface area contributed by atoms with Crippen molar-refractivity contribution in [1.29, 1.82) is 0 Å². The lowest BCUT2D eigenvalue weighted by atomic mass is 10.1. The van der Waals surface area contributed by atoms with Gasteiger partial charge in [0.15, 0.2) is 0 Å². The monoisotopic (exact) mass is 362 g/mol. The summed E-state index contributed by atoms with van der Waals surface area (Å²) in [4.78, 5) is 17.3. The second kappa shape index (κ2) is 8.42. The number of nitrogens with one attached hydrogen (secondary N) is 1. The summed E-state index contributed by atoms with van der Waals surface area (Å²) in [5.74, 6) is 0.682. The maximum Gasteiger partial charge on any atom is 0.511 e. The molecule has 0 bridgehead atoms. The van der Waals surface area contributed by atoms with Gasteiger partial charge in [-0.2, -0.15) is 0 Å². The van der Waals surface area contributed by atoms with Crippen LogP contribution in [0.25, 0.3) is 10.9 Å². The number of fused-ring (bicyclic) bond motifs is 1. The Morgan fingerprint density at radius 2 is 2.27 bits per heavy atom. The summed E-state index contributed by atoms with van der Waals surface area (Å²) >= 11 is 0. The van der Waals surface area contributed by atoms with Crippen molar-refractivity contribution in [2.24, 2.45) is 0 Å². The van der Waals surface area contributed by atoms with E-state index in [1.165, 1.54) is 5.56 Å². The van der Waals surface area contributed by atoms with Gasteiger partial charge in [0, 0.05) is 37.0 Å². The van der Waals surface area contributed by atoms with Crippen LogP contribution in [0.2, 0.25) is 0 Å². The van der Waals surface area contributed by atoms with Gasteiger partial charge in [-0.3, -0.25) is 0 Å². The number of rotatable bonds is 7. The molecule has 2 aromatic rings. The molecule has 1 N–H and O–H groups in total. The first-order valence-corrected chi connectivity index (χ1v) is 8.88. The second-order valence-corrected chi connectivity index (χ2v) is 6.70. The van der Waals surface area contributed by atoms with E-state index in [4.69, 9.17) is 18.9 Å². The summed E-state index contributed by atoms with van der Waals surface area (Å²) < 4.78 is 21.5. The molecule has 1 saturated heterocycles. The standard InChI is InChI=1S/C19H26N2O5/c1-13(25-19(22)26-15-8-10-23-12-15)24-17-6-4-5-16-18(17)14(11-20-16)7-9-21(2)3/h4-6,11,13,15,20H,7-10,12H2,1-3H3. The summed E-state index contributed by atoms with van der Waals surface area (Å²) in [6.07, 6.45) is 1.87. The lowest BCUT2D eigenvalue weighted by molar-refractivity contribution is -0.0643. The van der Waals surface area contributed by atoms with Gasteiger partial charge in [-0.1, -0.05) is 6.07 Å². The summed E-state index contributed by atoms with van der Waals surface area (Å²) in [5.41, 5.74) is 2.16. The average Bonchev–Trinajstić information content (AvgIpc) is 3.22. The van der Waals surface area contributed by atoms with Gasteiger partial charge in [-0.15, -0.1) is 0 Å². The minimum Gasteiger partial charge on any atom is -0.454 e. The quantitative estimate of drug-likeness (QED) is 0.603. The molecule has 1 aliphatic heterocycles. The molecule has 1 fully saturated rings. The molecule has 0 saturated carbocycles. The van der Waals surface area contributed by atoms with Crippen LogP contribution in [-0.2, 0) is 20.6 Å². The highest BCUT2D eigenvalue weighted by Gasteiger charge is 2.23. The molecule has 142 valence electrons. The number of H-pyrrole nitrogens is 1. The van der Waals surface area contributed by atoms with Crippen molar-refractivity contribution in [1.82, 2.24) is 9.88 Å². The number of hydrogen-bond acceptors (Lipinski definition) is 6. The van der Waals surface area contributed by atoms with Gasteiger partial charge in [0.2, 0.25) is 6.29 Å². The lowest BCUT2D eigenvalue weighted by Crippen LogP contribution is -2.25. The maximum absolute atomic E-state index is 11.9. The Balaban J connectivity index is 1.65. The number of aromatic amines is 1. The molecule has 2 unspecified atom stereocenters. The third-order valence-electron chi connectivity index (χ3n) is 4.28. The zero-order valence-corrected chi connectivity index (χ0v) is 15.5. The summed E-state index contributed by atoms with van der Waals surface area (Å²) in [5, 5.41) is 1.02. The summed E-state index contributed by atoms with van der Waals surface area (Å²) in [6.45, 7) is 3.64. The average molecular weight is 362 g/mol. The number of benzene rings is 1. The van der Waals surface area contributed by atoms with E-state index in [2.05, 4.69) is 9.88 Å². The van der Waals surface area contributed by atoms with Gasteiger partial charge < -0.3 is 28.8 Å². The van der Waals surface area contributed by atoms with Crippen molar-refractivity contribution in [2.45, 2.75) is 32.2 Å². The van der Waals surface area contributed by atoms with E-state index in [1.54, 1.807) is 6.92 Å². The zero-order valence-electron chi connectivity index (χ0n) is 15.5. The third-order valence-corrected chi connectivity index (χ3v) is 4.28. The Kier molecular flexibility index (Phi) is 6.00. The van der Waals surface area contributed by atoms with E-state index in [1.807, 2.05) is 38.5 Å². The molecule has 0 amide bonds. The van der Waals surface area contributed by atoms with Crippen LogP contribution in [0.4, 0.5) is 4.79 Å². The number of carbonyl (C=O) groups excluding carboxylic acids is 1. The fourth-order valence-electron chi connectivity index (χ4n) is 2.97. The molecule has 2 atom stereocenters. The SMILES string of the molecule is CC(OC(=O)OC1CCOC1)Oc1cccc2[nH]cc(CCN(C)C)c12. The molecule has 0 aliphatic carbocycles. The van der Waals surface area contributed by atoms with Gasteiger partial charge in [0.05, 0.1) is 13.2 Å². The third kappa shape index (κ3) is 4.68. The van der Waals surface area contributed by atoms with Crippen LogP contribution in [0.15, 0.2) is 24.4 Å². The largest absolute Gasteiger partial charge is 0.511 e. The van der Waals surface area contributed by atoms with Crippen LogP contribution in [0.5, 0.6) is 5.75 Å². The highest BCUT2D eigenvalue weighted by Crippen LogP contribution is 2.30. The van der Waals surface area contributed by atoms with E-state index >= 15 is 0 Å².